The maximum atomic E-state index is 11.8. The Hall–Kier alpha value is -1.86. The first-order valence-corrected chi connectivity index (χ1v) is 9.58. The van der Waals surface area contributed by atoms with Crippen LogP contribution >= 0.6 is 23.2 Å². The van der Waals surface area contributed by atoms with E-state index in [2.05, 4.69) is 5.32 Å². The van der Waals surface area contributed by atoms with Gasteiger partial charge >= 0.3 is 0 Å². The van der Waals surface area contributed by atoms with E-state index in [1.165, 1.54) is 18.2 Å². The Morgan fingerprint density at radius 3 is 2.40 bits per heavy atom. The minimum absolute atomic E-state index is 0.0584. The molecule has 0 bridgehead atoms. The Kier molecular flexibility index (Phi) is 6.61. The van der Waals surface area contributed by atoms with Crippen LogP contribution in [-0.2, 0) is 21.2 Å². The minimum atomic E-state index is -3.69. The average molecular weight is 399 g/mol. The number of carbonyl (C=O) groups is 1. The highest BCUT2D eigenvalue weighted by atomic mass is 35.5. The summed E-state index contributed by atoms with van der Waals surface area (Å²) in [4.78, 5) is 11.9. The lowest BCUT2D eigenvalue weighted by molar-refractivity contribution is -0.116. The third kappa shape index (κ3) is 6.17. The van der Waals surface area contributed by atoms with Gasteiger partial charge in [0, 0.05) is 22.7 Å². The third-order valence-corrected chi connectivity index (χ3v) is 4.83. The highest BCUT2D eigenvalue weighted by molar-refractivity contribution is 7.89. The quantitative estimate of drug-likeness (QED) is 0.732. The Labute approximate surface area is 156 Å². The number of primary sulfonamides is 1. The van der Waals surface area contributed by atoms with Gasteiger partial charge in [0.25, 0.3) is 0 Å². The summed E-state index contributed by atoms with van der Waals surface area (Å²) in [6.07, 6.45) is 3.56. The maximum Gasteiger partial charge on any atom is 0.244 e. The molecule has 0 aromatic heterocycles. The van der Waals surface area contributed by atoms with Gasteiger partial charge in [0.05, 0.1) is 4.90 Å². The van der Waals surface area contributed by atoms with Crippen molar-refractivity contribution in [3.63, 3.8) is 0 Å². The zero-order valence-electron chi connectivity index (χ0n) is 13.1. The number of halogens is 2. The van der Waals surface area contributed by atoms with Crippen molar-refractivity contribution in [2.75, 3.05) is 6.54 Å². The largest absolute Gasteiger partial charge is 0.352 e. The molecule has 132 valence electrons. The molecule has 0 fully saturated rings. The van der Waals surface area contributed by atoms with E-state index in [-0.39, 0.29) is 10.8 Å². The molecule has 1 amide bonds. The summed E-state index contributed by atoms with van der Waals surface area (Å²) < 4.78 is 22.4. The lowest BCUT2D eigenvalue weighted by Gasteiger charge is -2.04. The second-order valence-electron chi connectivity index (χ2n) is 5.23. The third-order valence-electron chi connectivity index (χ3n) is 3.34. The van der Waals surface area contributed by atoms with Crippen molar-refractivity contribution in [2.45, 2.75) is 11.3 Å². The van der Waals surface area contributed by atoms with E-state index in [1.807, 2.05) is 0 Å². The Morgan fingerprint density at radius 2 is 1.80 bits per heavy atom. The van der Waals surface area contributed by atoms with Gasteiger partial charge in [-0.1, -0.05) is 41.4 Å². The van der Waals surface area contributed by atoms with E-state index >= 15 is 0 Å². The summed E-state index contributed by atoms with van der Waals surface area (Å²) in [5.74, 6) is -0.257. The van der Waals surface area contributed by atoms with Crippen LogP contribution in [0.2, 0.25) is 10.0 Å². The molecule has 0 aliphatic rings. The molecule has 0 saturated heterocycles. The first-order valence-electron chi connectivity index (χ1n) is 7.28. The first-order chi connectivity index (χ1) is 11.8. The molecule has 3 N–H and O–H groups in total. The number of rotatable bonds is 6. The molecular formula is C17H16Cl2N2O3S. The molecule has 8 heteroatoms. The van der Waals surface area contributed by atoms with Gasteiger partial charge in [-0.05, 0) is 47.9 Å². The monoisotopic (exact) mass is 398 g/mol. The zero-order valence-corrected chi connectivity index (χ0v) is 15.4. The SMILES string of the molecule is NS(=O)(=O)c1ccc(CCNC(=O)/C=C/c2ccc(Cl)cc2Cl)cc1. The van der Waals surface area contributed by atoms with Gasteiger partial charge in [-0.15, -0.1) is 0 Å². The summed E-state index contributed by atoms with van der Waals surface area (Å²) in [5.41, 5.74) is 1.58. The predicted molar refractivity (Wildman–Crippen MR) is 100 cm³/mol. The molecule has 0 aliphatic heterocycles. The van der Waals surface area contributed by atoms with E-state index in [1.54, 1.807) is 36.4 Å². The van der Waals surface area contributed by atoms with Crippen molar-refractivity contribution in [1.29, 1.82) is 0 Å². The highest BCUT2D eigenvalue weighted by Crippen LogP contribution is 2.21. The molecule has 2 aromatic carbocycles. The van der Waals surface area contributed by atoms with Gasteiger partial charge in [0.1, 0.15) is 0 Å². The standard InChI is InChI=1S/C17H16Cl2N2O3S/c18-14-5-3-13(16(19)11-14)4-8-17(22)21-10-9-12-1-6-15(7-2-12)25(20,23)24/h1-8,11H,9-10H2,(H,21,22)(H2,20,23,24)/b8-4+. The summed E-state index contributed by atoms with van der Waals surface area (Å²) in [7, 11) is -3.69. The van der Waals surface area contributed by atoms with Crippen molar-refractivity contribution in [3.8, 4) is 0 Å². The van der Waals surface area contributed by atoms with Crippen molar-refractivity contribution < 1.29 is 13.2 Å². The molecule has 0 radical (unpaired) electrons. The van der Waals surface area contributed by atoms with Gasteiger partial charge in [-0.25, -0.2) is 13.6 Å². The number of hydrogen-bond acceptors (Lipinski definition) is 3. The summed E-state index contributed by atoms with van der Waals surface area (Å²) in [5, 5.41) is 8.77. The normalized spacial score (nSPS) is 11.6. The number of nitrogens with two attached hydrogens (primary N) is 1. The maximum absolute atomic E-state index is 11.8. The van der Waals surface area contributed by atoms with Crippen LogP contribution in [0.1, 0.15) is 11.1 Å². The van der Waals surface area contributed by atoms with Crippen molar-refractivity contribution in [1.82, 2.24) is 5.32 Å². The minimum Gasteiger partial charge on any atom is -0.352 e. The molecule has 5 nitrogen and oxygen atoms in total. The van der Waals surface area contributed by atoms with Crippen LogP contribution in [0.5, 0.6) is 0 Å². The number of amides is 1. The topological polar surface area (TPSA) is 89.3 Å². The Bertz CT molecular complexity index is 895. The van der Waals surface area contributed by atoms with E-state index < -0.39 is 10.0 Å². The van der Waals surface area contributed by atoms with Crippen LogP contribution < -0.4 is 10.5 Å². The average Bonchev–Trinajstić information content (AvgIpc) is 2.53. The second-order valence-corrected chi connectivity index (χ2v) is 7.63. The van der Waals surface area contributed by atoms with E-state index in [4.69, 9.17) is 28.3 Å². The Morgan fingerprint density at radius 1 is 1.12 bits per heavy atom. The van der Waals surface area contributed by atoms with Crippen LogP contribution in [0.4, 0.5) is 0 Å². The molecule has 0 atom stereocenters. The van der Waals surface area contributed by atoms with Crippen molar-refractivity contribution in [2.24, 2.45) is 5.14 Å². The number of nitrogens with one attached hydrogen (secondary N) is 1. The lowest BCUT2D eigenvalue weighted by atomic mass is 10.1. The molecule has 2 aromatic rings. The zero-order chi connectivity index (χ0) is 18.4. The molecule has 0 saturated carbocycles. The fraction of sp³-hybridized carbons (Fsp3) is 0.118. The summed E-state index contributed by atoms with van der Waals surface area (Å²) in [6.45, 7) is 0.409. The Balaban J connectivity index is 1.85. The molecule has 0 aliphatic carbocycles. The molecule has 0 heterocycles. The van der Waals surface area contributed by atoms with Crippen LogP contribution in [0.25, 0.3) is 6.08 Å². The number of benzene rings is 2. The van der Waals surface area contributed by atoms with Crippen LogP contribution in [-0.4, -0.2) is 20.9 Å². The van der Waals surface area contributed by atoms with Gasteiger partial charge in [0.2, 0.25) is 15.9 Å². The van der Waals surface area contributed by atoms with Crippen molar-refractivity contribution in [3.05, 3.63) is 69.7 Å². The van der Waals surface area contributed by atoms with Crippen LogP contribution in [0.3, 0.4) is 0 Å². The van der Waals surface area contributed by atoms with E-state index in [0.29, 0.717) is 28.6 Å². The number of sulfonamides is 1. The van der Waals surface area contributed by atoms with Gasteiger partial charge in [0.15, 0.2) is 0 Å². The lowest BCUT2D eigenvalue weighted by Crippen LogP contribution is -2.23. The molecule has 2 rings (SSSR count). The van der Waals surface area contributed by atoms with Crippen LogP contribution in [0.15, 0.2) is 53.4 Å². The summed E-state index contributed by atoms with van der Waals surface area (Å²) >= 11 is 11.8. The second kappa shape index (κ2) is 8.49. The molecule has 0 unspecified atom stereocenters. The highest BCUT2D eigenvalue weighted by Gasteiger charge is 2.06. The van der Waals surface area contributed by atoms with Crippen LogP contribution in [0, 0.1) is 0 Å². The number of hydrogen-bond donors (Lipinski definition) is 2. The van der Waals surface area contributed by atoms with E-state index in [9.17, 15) is 13.2 Å². The van der Waals surface area contributed by atoms with Crippen molar-refractivity contribution >= 4 is 45.2 Å². The smallest absolute Gasteiger partial charge is 0.244 e. The molecular weight excluding hydrogens is 383 g/mol. The molecule has 0 spiro atoms. The predicted octanol–water partition coefficient (Wildman–Crippen LogP) is 3.01. The van der Waals surface area contributed by atoms with Gasteiger partial charge < -0.3 is 5.32 Å². The summed E-state index contributed by atoms with van der Waals surface area (Å²) in [6, 6.07) is 11.2. The fourth-order valence-electron chi connectivity index (χ4n) is 2.04. The molecule has 25 heavy (non-hydrogen) atoms. The fourth-order valence-corrected chi connectivity index (χ4v) is 3.02. The van der Waals surface area contributed by atoms with Gasteiger partial charge in [-0.3, -0.25) is 4.79 Å². The van der Waals surface area contributed by atoms with Gasteiger partial charge in [-0.2, -0.15) is 0 Å². The first kappa shape index (κ1) is 19.5. The number of carbonyl (C=O) groups excluding carboxylic acids is 1. The van der Waals surface area contributed by atoms with E-state index in [0.717, 1.165) is 5.56 Å².